The quantitative estimate of drug-likeness (QED) is 0.0671. The standard InChI is InChI=1S/C39H43ClN4O9S2/c1-44(24-7-9-25(10-8-24)53-37(48)39(50,33-5-3-17-54-33)34-6-4-18-55-34)15-16-52-38(49)42-29-20-32(51-2)23(19-28(29)40)21-41-22-31(46)26-11-13-30(45)36-27(26)12-14-35(47)43-36/h3-6,11-14,17-20,24-25,31,41,45-46,50H,7-10,15-16,21-22H2,1-2H3,(H,42,49)(H,43,47)/t24?,25?,31-/m0/s1. The average Bonchev–Trinajstić information content (AvgIpc) is 3.93. The number of carbonyl (C=O) groups excluding carboxylic acids is 2. The molecule has 6 N–H and O–H groups in total. The Kier molecular flexibility index (Phi) is 13.1. The number of thiophene rings is 2. The van der Waals surface area contributed by atoms with Crippen LogP contribution in [0.4, 0.5) is 10.5 Å². The van der Waals surface area contributed by atoms with E-state index < -0.39 is 23.8 Å². The van der Waals surface area contributed by atoms with Gasteiger partial charge in [0, 0.05) is 48.8 Å². The minimum Gasteiger partial charge on any atom is -0.506 e. The molecule has 0 spiro atoms. The molecule has 1 aliphatic carbocycles. The first kappa shape index (κ1) is 40.2. The molecule has 6 rings (SSSR count). The van der Waals surface area contributed by atoms with Crippen molar-refractivity contribution in [1.82, 2.24) is 15.2 Å². The van der Waals surface area contributed by atoms with Gasteiger partial charge in [-0.05, 0) is 79.4 Å². The zero-order valence-corrected chi connectivity index (χ0v) is 32.6. The van der Waals surface area contributed by atoms with Gasteiger partial charge < -0.3 is 44.7 Å². The largest absolute Gasteiger partial charge is 0.506 e. The van der Waals surface area contributed by atoms with Crippen LogP contribution >= 0.6 is 34.3 Å². The highest BCUT2D eigenvalue weighted by molar-refractivity contribution is 7.12. The van der Waals surface area contributed by atoms with Crippen molar-refractivity contribution in [2.24, 2.45) is 0 Å². The van der Waals surface area contributed by atoms with E-state index in [1.165, 1.54) is 41.9 Å². The number of ether oxygens (including phenoxy) is 3. The van der Waals surface area contributed by atoms with Gasteiger partial charge in [-0.15, -0.1) is 22.7 Å². The van der Waals surface area contributed by atoms with Gasteiger partial charge in [-0.1, -0.05) is 29.8 Å². The lowest BCUT2D eigenvalue weighted by molar-refractivity contribution is -0.169. The predicted molar refractivity (Wildman–Crippen MR) is 212 cm³/mol. The van der Waals surface area contributed by atoms with Crippen LogP contribution in [-0.4, -0.2) is 83.3 Å². The number of halogens is 1. The third-order valence-corrected chi connectivity index (χ3v) is 12.1. The number of likely N-dealkylation sites (N-methyl/N-ethyl adjacent to an activating group) is 1. The fourth-order valence-corrected chi connectivity index (χ4v) is 8.71. The number of benzene rings is 2. The SMILES string of the molecule is COc1cc(NC(=O)OCCN(C)C2CCC(OC(=O)C(O)(c3cccs3)c3cccs3)CC2)c(Cl)cc1CNC[C@H](O)c1ccc(O)c2[nH]c(=O)ccc12. The van der Waals surface area contributed by atoms with Gasteiger partial charge in [0.05, 0.1) is 39.2 Å². The molecule has 1 amide bonds. The number of aliphatic hydroxyl groups is 2. The van der Waals surface area contributed by atoms with Gasteiger partial charge in [0.2, 0.25) is 11.2 Å². The number of aliphatic hydroxyl groups excluding tert-OH is 1. The van der Waals surface area contributed by atoms with E-state index in [4.69, 9.17) is 25.8 Å². The minimum atomic E-state index is -1.83. The third-order valence-electron chi connectivity index (χ3n) is 9.79. The van der Waals surface area contributed by atoms with Crippen molar-refractivity contribution in [3.05, 3.63) is 108 Å². The summed E-state index contributed by atoms with van der Waals surface area (Å²) in [4.78, 5) is 43.6. The fourth-order valence-electron chi connectivity index (χ4n) is 6.76. The van der Waals surface area contributed by atoms with Crippen molar-refractivity contribution in [3.63, 3.8) is 0 Å². The summed E-state index contributed by atoms with van der Waals surface area (Å²) in [6.45, 7) is 1.05. The molecule has 0 radical (unpaired) electrons. The van der Waals surface area contributed by atoms with E-state index >= 15 is 0 Å². The zero-order valence-electron chi connectivity index (χ0n) is 30.2. The summed E-state index contributed by atoms with van der Waals surface area (Å²) in [7, 11) is 3.46. The molecule has 55 heavy (non-hydrogen) atoms. The van der Waals surface area contributed by atoms with Gasteiger partial charge in [0.15, 0.2) is 0 Å². The van der Waals surface area contributed by atoms with Gasteiger partial charge in [-0.25, -0.2) is 9.59 Å². The van der Waals surface area contributed by atoms with E-state index in [0.717, 1.165) is 12.8 Å². The van der Waals surface area contributed by atoms with Crippen LogP contribution in [0.2, 0.25) is 5.02 Å². The molecule has 13 nitrogen and oxygen atoms in total. The molecule has 1 atom stereocenters. The van der Waals surface area contributed by atoms with E-state index in [-0.39, 0.29) is 53.7 Å². The van der Waals surface area contributed by atoms with Crippen molar-refractivity contribution in [2.75, 3.05) is 39.2 Å². The highest BCUT2D eigenvalue weighted by Crippen LogP contribution is 2.38. The highest BCUT2D eigenvalue weighted by atomic mass is 35.5. The lowest BCUT2D eigenvalue weighted by Crippen LogP contribution is -2.42. The van der Waals surface area contributed by atoms with Crippen LogP contribution in [0, 0.1) is 0 Å². The molecule has 0 unspecified atom stereocenters. The highest BCUT2D eigenvalue weighted by Gasteiger charge is 2.45. The Morgan fingerprint density at radius 1 is 1.05 bits per heavy atom. The molecule has 3 heterocycles. The number of pyridine rings is 1. The lowest BCUT2D eigenvalue weighted by Gasteiger charge is -2.35. The summed E-state index contributed by atoms with van der Waals surface area (Å²) in [5.74, 6) is -0.291. The molecule has 5 aromatic rings. The Balaban J connectivity index is 0.940. The number of hydrogen-bond acceptors (Lipinski definition) is 13. The Morgan fingerprint density at radius 2 is 1.76 bits per heavy atom. The number of nitrogens with one attached hydrogen (secondary N) is 3. The van der Waals surface area contributed by atoms with Crippen molar-refractivity contribution in [3.8, 4) is 11.5 Å². The van der Waals surface area contributed by atoms with Gasteiger partial charge in [-0.3, -0.25) is 10.1 Å². The van der Waals surface area contributed by atoms with Gasteiger partial charge in [0.25, 0.3) is 0 Å². The fraction of sp³-hybridized carbons (Fsp3) is 0.359. The summed E-state index contributed by atoms with van der Waals surface area (Å²) in [6, 6.07) is 16.5. The molecule has 0 bridgehead atoms. The van der Waals surface area contributed by atoms with Gasteiger partial charge in [-0.2, -0.15) is 0 Å². The van der Waals surface area contributed by atoms with Crippen LogP contribution in [0.3, 0.4) is 0 Å². The first-order chi connectivity index (χ1) is 26.5. The summed E-state index contributed by atoms with van der Waals surface area (Å²) in [5.41, 5.74) is -0.411. The number of hydrogen-bond donors (Lipinski definition) is 6. The maximum absolute atomic E-state index is 13.3. The van der Waals surface area contributed by atoms with Crippen LogP contribution < -0.4 is 20.9 Å². The molecule has 2 aromatic carbocycles. The number of aromatic nitrogens is 1. The van der Waals surface area contributed by atoms with Crippen LogP contribution in [0.5, 0.6) is 11.5 Å². The number of fused-ring (bicyclic) bond motifs is 1. The molecule has 0 saturated heterocycles. The maximum atomic E-state index is 13.3. The van der Waals surface area contributed by atoms with Crippen molar-refractivity contribution < 1.29 is 39.1 Å². The van der Waals surface area contributed by atoms with E-state index in [9.17, 15) is 29.7 Å². The Morgan fingerprint density at radius 3 is 2.42 bits per heavy atom. The Bertz CT molecular complexity index is 2100. The van der Waals surface area contributed by atoms with Crippen molar-refractivity contribution in [2.45, 2.75) is 56.1 Å². The molecule has 0 aliphatic heterocycles. The molecule has 3 aromatic heterocycles. The van der Waals surface area contributed by atoms with Crippen molar-refractivity contribution >= 4 is 62.9 Å². The van der Waals surface area contributed by atoms with E-state index in [1.54, 1.807) is 48.5 Å². The number of carbonyl (C=O) groups is 2. The summed E-state index contributed by atoms with van der Waals surface area (Å²) >= 11 is 9.16. The molecular formula is C39H43ClN4O9S2. The molecule has 1 aliphatic rings. The number of esters is 1. The van der Waals surface area contributed by atoms with Crippen LogP contribution in [-0.2, 0) is 26.4 Å². The number of nitrogens with zero attached hydrogens (tertiary/aromatic N) is 1. The molecule has 1 fully saturated rings. The zero-order chi connectivity index (χ0) is 39.1. The first-order valence-corrected chi connectivity index (χ1v) is 19.9. The number of anilines is 1. The normalized spacial score (nSPS) is 16.5. The topological polar surface area (TPSA) is 183 Å². The second kappa shape index (κ2) is 18.0. The summed E-state index contributed by atoms with van der Waals surface area (Å²) < 4.78 is 16.9. The Hall–Kier alpha value is -4.48. The van der Waals surface area contributed by atoms with Gasteiger partial charge >= 0.3 is 12.1 Å². The molecule has 292 valence electrons. The number of phenols is 1. The minimum absolute atomic E-state index is 0.0896. The second-order valence-corrected chi connectivity index (χ2v) is 15.6. The molecule has 16 heteroatoms. The number of rotatable bonds is 15. The number of aromatic hydroxyl groups is 1. The lowest BCUT2D eigenvalue weighted by atomic mass is 9.91. The smallest absolute Gasteiger partial charge is 0.411 e. The van der Waals surface area contributed by atoms with Crippen LogP contribution in [0.15, 0.2) is 76.2 Å². The van der Waals surface area contributed by atoms with Crippen LogP contribution in [0.25, 0.3) is 10.9 Å². The van der Waals surface area contributed by atoms with Crippen molar-refractivity contribution in [1.29, 1.82) is 0 Å². The monoisotopic (exact) mass is 810 g/mol. The Labute approximate surface area is 330 Å². The number of phenolic OH excluding ortho intramolecular Hbond substituents is 1. The van der Waals surface area contributed by atoms with Gasteiger partial charge in [0.1, 0.15) is 24.2 Å². The summed E-state index contributed by atoms with van der Waals surface area (Å²) in [5, 5.41) is 42.9. The summed E-state index contributed by atoms with van der Waals surface area (Å²) in [6.07, 6.45) is 0.933. The number of amides is 1. The molecule has 1 saturated carbocycles. The van der Waals surface area contributed by atoms with E-state index in [1.807, 2.05) is 17.8 Å². The van der Waals surface area contributed by atoms with E-state index in [2.05, 4.69) is 20.5 Å². The number of H-pyrrole nitrogens is 1. The second-order valence-electron chi connectivity index (χ2n) is 13.3. The third kappa shape index (κ3) is 9.32. The average molecular weight is 811 g/mol. The predicted octanol–water partition coefficient (Wildman–Crippen LogP) is 6.11. The molecular weight excluding hydrogens is 768 g/mol. The first-order valence-electron chi connectivity index (χ1n) is 17.7. The van der Waals surface area contributed by atoms with E-state index in [0.29, 0.717) is 57.1 Å². The number of aromatic amines is 1. The number of methoxy groups -OCH3 is 1. The van der Waals surface area contributed by atoms with Crippen LogP contribution in [0.1, 0.15) is 52.7 Å². The maximum Gasteiger partial charge on any atom is 0.411 e.